The Morgan fingerprint density at radius 1 is 1.15 bits per heavy atom. The number of ether oxygens (including phenoxy) is 1. The molecule has 2 aromatic rings. The summed E-state index contributed by atoms with van der Waals surface area (Å²) < 4.78 is 32.2. The van der Waals surface area contributed by atoms with Crippen LogP contribution in [0.4, 0.5) is 20.2 Å². The van der Waals surface area contributed by atoms with Gasteiger partial charge in [0.1, 0.15) is 17.4 Å². The lowest BCUT2D eigenvalue weighted by Crippen LogP contribution is -2.08. The molecular weight excluding hydrogens is 262 g/mol. The van der Waals surface area contributed by atoms with E-state index in [9.17, 15) is 8.78 Å². The maximum atomic E-state index is 13.7. The fraction of sp³-hybridized carbons (Fsp3) is 0.200. The molecule has 2 aromatic carbocycles. The molecule has 0 aliphatic carbocycles. The molecule has 0 unspecified atom stereocenters. The molecule has 20 heavy (non-hydrogen) atoms. The molecule has 0 aliphatic heterocycles. The number of benzene rings is 2. The lowest BCUT2D eigenvalue weighted by molar-refractivity contribution is 0.416. The molecule has 0 bridgehead atoms. The van der Waals surface area contributed by atoms with Crippen molar-refractivity contribution >= 4 is 11.4 Å². The summed E-state index contributed by atoms with van der Waals surface area (Å²) in [5.74, 6) is -0.318. The molecule has 0 heterocycles. The molecule has 0 saturated heterocycles. The molecule has 0 atom stereocenters. The quantitative estimate of drug-likeness (QED) is 0.826. The smallest absolute Gasteiger partial charge is 0.148 e. The van der Waals surface area contributed by atoms with Crippen molar-refractivity contribution in [1.82, 2.24) is 0 Å². The van der Waals surface area contributed by atoms with Crippen LogP contribution in [-0.4, -0.2) is 13.7 Å². The van der Waals surface area contributed by atoms with Gasteiger partial charge in [0.2, 0.25) is 0 Å². The Bertz CT molecular complexity index is 602. The van der Waals surface area contributed by atoms with Crippen molar-refractivity contribution in [3.05, 3.63) is 53.6 Å². The Morgan fingerprint density at radius 2 is 1.90 bits per heavy atom. The van der Waals surface area contributed by atoms with Crippen molar-refractivity contribution in [2.75, 3.05) is 24.7 Å². The van der Waals surface area contributed by atoms with E-state index in [1.165, 1.54) is 25.3 Å². The van der Waals surface area contributed by atoms with E-state index in [4.69, 9.17) is 10.5 Å². The van der Waals surface area contributed by atoms with Gasteiger partial charge in [0.25, 0.3) is 0 Å². The van der Waals surface area contributed by atoms with Crippen molar-refractivity contribution < 1.29 is 13.5 Å². The van der Waals surface area contributed by atoms with Gasteiger partial charge in [-0.05, 0) is 18.1 Å². The molecule has 0 aliphatic rings. The first-order valence-corrected chi connectivity index (χ1v) is 6.22. The fourth-order valence-electron chi connectivity index (χ4n) is 1.91. The third-order valence-electron chi connectivity index (χ3n) is 2.99. The molecule has 3 nitrogen and oxygen atoms in total. The molecular formula is C15H16F2N2O. The highest BCUT2D eigenvalue weighted by molar-refractivity contribution is 5.62. The Labute approximate surface area is 116 Å². The van der Waals surface area contributed by atoms with E-state index >= 15 is 0 Å². The summed E-state index contributed by atoms with van der Waals surface area (Å²) in [6.07, 6.45) is 0.457. The van der Waals surface area contributed by atoms with Crippen molar-refractivity contribution in [3.8, 4) is 5.75 Å². The Kier molecular flexibility index (Phi) is 4.40. The monoisotopic (exact) mass is 278 g/mol. The fourth-order valence-corrected chi connectivity index (χ4v) is 1.91. The van der Waals surface area contributed by atoms with Crippen molar-refractivity contribution in [3.63, 3.8) is 0 Å². The summed E-state index contributed by atoms with van der Waals surface area (Å²) in [6, 6.07) is 9.21. The maximum absolute atomic E-state index is 13.7. The molecule has 0 spiro atoms. The Morgan fingerprint density at radius 3 is 2.60 bits per heavy atom. The molecule has 5 heteroatoms. The van der Waals surface area contributed by atoms with Gasteiger partial charge in [0.15, 0.2) is 0 Å². The molecule has 0 saturated carbocycles. The minimum atomic E-state index is -0.461. The van der Waals surface area contributed by atoms with E-state index in [1.54, 1.807) is 18.2 Å². The minimum Gasteiger partial charge on any atom is -0.495 e. The first kappa shape index (κ1) is 14.1. The van der Waals surface area contributed by atoms with Crippen LogP contribution in [0.2, 0.25) is 0 Å². The zero-order valence-corrected chi connectivity index (χ0v) is 11.1. The number of nitrogen functional groups attached to an aromatic ring is 1. The predicted molar refractivity (Wildman–Crippen MR) is 76.0 cm³/mol. The third-order valence-corrected chi connectivity index (χ3v) is 2.99. The molecule has 106 valence electrons. The van der Waals surface area contributed by atoms with E-state index in [2.05, 4.69) is 5.32 Å². The van der Waals surface area contributed by atoms with E-state index in [-0.39, 0.29) is 17.2 Å². The summed E-state index contributed by atoms with van der Waals surface area (Å²) in [7, 11) is 1.47. The third kappa shape index (κ3) is 3.17. The Balaban J connectivity index is 2.03. The second-order valence-corrected chi connectivity index (χ2v) is 4.34. The van der Waals surface area contributed by atoms with Gasteiger partial charge in [-0.3, -0.25) is 0 Å². The summed E-state index contributed by atoms with van der Waals surface area (Å²) in [5.41, 5.74) is 6.71. The second kappa shape index (κ2) is 6.23. The highest BCUT2D eigenvalue weighted by atomic mass is 19.1. The Hall–Kier alpha value is -2.30. The van der Waals surface area contributed by atoms with Crippen molar-refractivity contribution in [2.24, 2.45) is 0 Å². The number of nitrogens with one attached hydrogen (secondary N) is 1. The van der Waals surface area contributed by atoms with Crippen LogP contribution in [-0.2, 0) is 6.42 Å². The number of methoxy groups -OCH3 is 1. The molecule has 0 aromatic heterocycles. The first-order chi connectivity index (χ1) is 9.61. The topological polar surface area (TPSA) is 47.3 Å². The first-order valence-electron chi connectivity index (χ1n) is 6.22. The van der Waals surface area contributed by atoms with E-state index in [1.807, 2.05) is 0 Å². The van der Waals surface area contributed by atoms with Gasteiger partial charge in [0, 0.05) is 18.7 Å². The normalized spacial score (nSPS) is 10.3. The zero-order chi connectivity index (χ0) is 14.5. The number of rotatable bonds is 5. The zero-order valence-electron chi connectivity index (χ0n) is 11.1. The number of halogens is 2. The summed E-state index contributed by atoms with van der Waals surface area (Å²) in [6.45, 7) is 0.408. The van der Waals surface area contributed by atoms with Gasteiger partial charge in [-0.25, -0.2) is 8.78 Å². The molecule has 0 fully saturated rings. The summed E-state index contributed by atoms with van der Waals surface area (Å²) >= 11 is 0. The van der Waals surface area contributed by atoms with Gasteiger partial charge < -0.3 is 15.8 Å². The summed E-state index contributed by atoms with van der Waals surface area (Å²) in [4.78, 5) is 0. The number of hydrogen-bond acceptors (Lipinski definition) is 3. The predicted octanol–water partition coefficient (Wildman–Crippen LogP) is 3.21. The summed E-state index contributed by atoms with van der Waals surface area (Å²) in [5, 5.41) is 2.91. The van der Waals surface area contributed by atoms with Gasteiger partial charge in [0.05, 0.1) is 18.5 Å². The SMILES string of the molecule is COc1cc(NCCc2ccccc2F)c(F)cc1N. The van der Waals surface area contributed by atoms with Crippen molar-refractivity contribution in [1.29, 1.82) is 0 Å². The largest absolute Gasteiger partial charge is 0.495 e. The standard InChI is InChI=1S/C15H16F2N2O/c1-20-15-9-14(12(17)8-13(15)18)19-7-6-10-4-2-3-5-11(10)16/h2-5,8-9,19H,6-7,18H2,1H3. The van der Waals surface area contributed by atoms with E-state index in [0.29, 0.717) is 24.3 Å². The number of nitrogens with two attached hydrogens (primary N) is 1. The molecule has 2 rings (SSSR count). The highest BCUT2D eigenvalue weighted by Crippen LogP contribution is 2.28. The van der Waals surface area contributed by atoms with Crippen LogP contribution >= 0.6 is 0 Å². The molecule has 0 radical (unpaired) electrons. The van der Waals surface area contributed by atoms with Crippen molar-refractivity contribution in [2.45, 2.75) is 6.42 Å². The van der Waals surface area contributed by atoms with Crippen LogP contribution in [0.3, 0.4) is 0 Å². The lowest BCUT2D eigenvalue weighted by atomic mass is 10.1. The van der Waals surface area contributed by atoms with Crippen LogP contribution in [0.25, 0.3) is 0 Å². The van der Waals surface area contributed by atoms with Gasteiger partial charge in [-0.1, -0.05) is 18.2 Å². The minimum absolute atomic E-state index is 0.240. The molecule has 0 amide bonds. The maximum Gasteiger partial charge on any atom is 0.148 e. The van der Waals surface area contributed by atoms with Gasteiger partial charge in [-0.2, -0.15) is 0 Å². The van der Waals surface area contributed by atoms with Crippen LogP contribution in [0.5, 0.6) is 5.75 Å². The average Bonchev–Trinajstić information content (AvgIpc) is 2.43. The number of hydrogen-bond donors (Lipinski definition) is 2. The lowest BCUT2D eigenvalue weighted by Gasteiger charge is -2.11. The number of anilines is 2. The van der Waals surface area contributed by atoms with E-state index in [0.717, 1.165) is 0 Å². The average molecular weight is 278 g/mol. The van der Waals surface area contributed by atoms with Crippen LogP contribution in [0.15, 0.2) is 36.4 Å². The van der Waals surface area contributed by atoms with Crippen LogP contribution in [0, 0.1) is 11.6 Å². The van der Waals surface area contributed by atoms with Crippen LogP contribution < -0.4 is 15.8 Å². The molecule has 3 N–H and O–H groups in total. The van der Waals surface area contributed by atoms with Gasteiger partial charge in [-0.15, -0.1) is 0 Å². The highest BCUT2D eigenvalue weighted by Gasteiger charge is 2.08. The second-order valence-electron chi connectivity index (χ2n) is 4.34. The van der Waals surface area contributed by atoms with E-state index < -0.39 is 5.82 Å². The van der Waals surface area contributed by atoms with Gasteiger partial charge >= 0.3 is 0 Å². The van der Waals surface area contributed by atoms with Crippen LogP contribution in [0.1, 0.15) is 5.56 Å².